The summed E-state index contributed by atoms with van der Waals surface area (Å²) in [6.45, 7) is 7.34. The maximum atomic E-state index is 13.1. The molecule has 7 heteroatoms. The number of β-amino-alcohol motifs (C(OH)–C–C–N with tert-alkyl or cyclic N) is 1. The number of hydrogen-bond donors (Lipinski definition) is 2. The number of urea groups is 1. The predicted octanol–water partition coefficient (Wildman–Crippen LogP) is 2.83. The maximum absolute atomic E-state index is 13.1. The van der Waals surface area contributed by atoms with Crippen LogP contribution in [0.2, 0.25) is 0 Å². The van der Waals surface area contributed by atoms with Gasteiger partial charge in [-0.2, -0.15) is 0 Å². The van der Waals surface area contributed by atoms with E-state index in [1.165, 1.54) is 7.11 Å². The van der Waals surface area contributed by atoms with Crippen LogP contribution in [0.3, 0.4) is 0 Å². The van der Waals surface area contributed by atoms with Gasteiger partial charge in [0, 0.05) is 0 Å². The number of aryl methyl sites for hydroxylation is 2. The van der Waals surface area contributed by atoms with Gasteiger partial charge in [-0.15, -0.1) is 0 Å². The van der Waals surface area contributed by atoms with E-state index in [0.29, 0.717) is 17.1 Å². The summed E-state index contributed by atoms with van der Waals surface area (Å²) >= 11 is 0. The van der Waals surface area contributed by atoms with Gasteiger partial charge >= 0.3 is 6.03 Å². The normalized spacial score (nSPS) is 19.6. The van der Waals surface area contributed by atoms with Crippen molar-refractivity contribution in [3.63, 3.8) is 0 Å². The molecule has 160 valence electrons. The second-order valence-electron chi connectivity index (χ2n) is 7.82. The average molecular weight is 412 g/mol. The summed E-state index contributed by atoms with van der Waals surface area (Å²) in [5.74, 6) is 0.877. The van der Waals surface area contributed by atoms with Gasteiger partial charge in [0.15, 0.2) is 0 Å². The fourth-order valence-corrected chi connectivity index (χ4v) is 3.58. The minimum Gasteiger partial charge on any atom is -0.497 e. The van der Waals surface area contributed by atoms with Gasteiger partial charge in [0.2, 0.25) is 0 Å². The summed E-state index contributed by atoms with van der Waals surface area (Å²) in [6.07, 6.45) is -1.02. The molecule has 0 spiro atoms. The first kappa shape index (κ1) is 21.6. The number of hydrogen-bond acceptors (Lipinski definition) is 5. The highest BCUT2D eigenvalue weighted by Crippen LogP contribution is 2.31. The Morgan fingerprint density at radius 1 is 1.13 bits per heavy atom. The minimum atomic E-state index is -1.23. The van der Waals surface area contributed by atoms with E-state index in [1.807, 2.05) is 32.9 Å². The number of aliphatic hydroxyl groups is 1. The number of imide groups is 1. The van der Waals surface area contributed by atoms with E-state index >= 15 is 0 Å². The highest BCUT2D eigenvalue weighted by Gasteiger charge is 2.49. The van der Waals surface area contributed by atoms with Crippen LogP contribution in [0.15, 0.2) is 36.4 Å². The molecule has 30 heavy (non-hydrogen) atoms. The Bertz CT molecular complexity index is 974. The van der Waals surface area contributed by atoms with Crippen molar-refractivity contribution < 1.29 is 24.2 Å². The first-order valence-corrected chi connectivity index (χ1v) is 9.83. The molecule has 1 aliphatic heterocycles. The fourth-order valence-electron chi connectivity index (χ4n) is 3.58. The second-order valence-corrected chi connectivity index (χ2v) is 7.82. The molecule has 2 N–H and O–H groups in total. The van der Waals surface area contributed by atoms with E-state index in [-0.39, 0.29) is 13.2 Å². The Morgan fingerprint density at radius 3 is 2.53 bits per heavy atom. The molecule has 3 rings (SSSR count). The zero-order valence-electron chi connectivity index (χ0n) is 18.0. The fraction of sp³-hybridized carbons (Fsp3) is 0.391. The lowest BCUT2D eigenvalue weighted by Gasteiger charge is -2.23. The van der Waals surface area contributed by atoms with Gasteiger partial charge in [0.1, 0.15) is 29.7 Å². The van der Waals surface area contributed by atoms with Crippen LogP contribution < -0.4 is 14.8 Å². The van der Waals surface area contributed by atoms with Crippen molar-refractivity contribution >= 4 is 11.9 Å². The van der Waals surface area contributed by atoms with Crippen LogP contribution in [0.4, 0.5) is 4.79 Å². The number of benzene rings is 2. The van der Waals surface area contributed by atoms with E-state index in [2.05, 4.69) is 5.32 Å². The van der Waals surface area contributed by atoms with Gasteiger partial charge in [-0.3, -0.25) is 9.69 Å². The van der Waals surface area contributed by atoms with E-state index in [0.717, 1.165) is 21.6 Å². The van der Waals surface area contributed by atoms with Gasteiger partial charge in [-0.05, 0) is 62.1 Å². The quantitative estimate of drug-likeness (QED) is 0.683. The molecule has 0 aromatic heterocycles. The smallest absolute Gasteiger partial charge is 0.325 e. The summed E-state index contributed by atoms with van der Waals surface area (Å²) in [4.78, 5) is 26.6. The molecule has 0 saturated carbocycles. The molecule has 1 fully saturated rings. The second kappa shape index (κ2) is 8.36. The number of carbonyl (C=O) groups is 2. The molecule has 2 aromatic rings. The van der Waals surface area contributed by atoms with Crippen molar-refractivity contribution in [2.75, 3.05) is 20.3 Å². The Kier molecular flexibility index (Phi) is 6.03. The third-order valence-electron chi connectivity index (χ3n) is 5.61. The van der Waals surface area contributed by atoms with E-state index in [1.54, 1.807) is 31.2 Å². The maximum Gasteiger partial charge on any atom is 0.325 e. The van der Waals surface area contributed by atoms with Crippen molar-refractivity contribution in [1.29, 1.82) is 0 Å². The Hall–Kier alpha value is -3.06. The van der Waals surface area contributed by atoms with Crippen molar-refractivity contribution in [1.82, 2.24) is 10.2 Å². The number of amides is 3. The van der Waals surface area contributed by atoms with Crippen molar-refractivity contribution in [3.8, 4) is 11.5 Å². The predicted molar refractivity (Wildman–Crippen MR) is 113 cm³/mol. The van der Waals surface area contributed by atoms with Crippen LogP contribution in [0.5, 0.6) is 11.5 Å². The molecule has 2 aromatic carbocycles. The van der Waals surface area contributed by atoms with E-state index in [4.69, 9.17) is 9.47 Å². The summed E-state index contributed by atoms with van der Waals surface area (Å²) in [5, 5.41) is 13.2. The van der Waals surface area contributed by atoms with Crippen molar-refractivity contribution in [2.24, 2.45) is 0 Å². The molecule has 3 amide bonds. The van der Waals surface area contributed by atoms with Crippen molar-refractivity contribution in [3.05, 3.63) is 58.7 Å². The first-order chi connectivity index (χ1) is 14.2. The van der Waals surface area contributed by atoms with Gasteiger partial charge < -0.3 is 19.9 Å². The molecule has 1 heterocycles. The molecule has 0 radical (unpaired) electrons. The molecule has 2 unspecified atom stereocenters. The largest absolute Gasteiger partial charge is 0.497 e. The summed E-state index contributed by atoms with van der Waals surface area (Å²) in [5.41, 5.74) is 2.44. The average Bonchev–Trinajstić information content (AvgIpc) is 2.95. The standard InChI is InChI=1S/C23H28N2O5/c1-14-9-10-15(2)20(16(14)3)30-13-18(26)12-25-21(27)23(4,24-22(25)28)17-7-6-8-19(11-17)29-5/h6-11,18,26H,12-13H2,1-5H3,(H,24,28). The van der Waals surface area contributed by atoms with Crippen LogP contribution in [-0.2, 0) is 10.3 Å². The zero-order valence-corrected chi connectivity index (χ0v) is 18.0. The van der Waals surface area contributed by atoms with Gasteiger partial charge in [0.05, 0.1) is 13.7 Å². The first-order valence-electron chi connectivity index (χ1n) is 9.83. The highest BCUT2D eigenvalue weighted by atomic mass is 16.5. The number of carbonyl (C=O) groups excluding carboxylic acids is 2. The zero-order chi connectivity index (χ0) is 22.1. The number of rotatable bonds is 7. The Balaban J connectivity index is 1.70. The van der Waals surface area contributed by atoms with E-state index in [9.17, 15) is 14.7 Å². The van der Waals surface area contributed by atoms with E-state index < -0.39 is 23.6 Å². The van der Waals surface area contributed by atoms with Crippen LogP contribution >= 0.6 is 0 Å². The number of aliphatic hydroxyl groups excluding tert-OH is 1. The van der Waals surface area contributed by atoms with Crippen LogP contribution in [0.1, 0.15) is 29.2 Å². The lowest BCUT2D eigenvalue weighted by Crippen LogP contribution is -2.42. The number of nitrogens with zero attached hydrogens (tertiary/aromatic N) is 1. The molecule has 0 bridgehead atoms. The third-order valence-corrected chi connectivity index (χ3v) is 5.61. The molecule has 0 aliphatic carbocycles. The summed E-state index contributed by atoms with van der Waals surface area (Å²) in [7, 11) is 1.54. The third kappa shape index (κ3) is 3.98. The lowest BCUT2D eigenvalue weighted by atomic mass is 9.92. The van der Waals surface area contributed by atoms with Gasteiger partial charge in [0.25, 0.3) is 5.91 Å². The lowest BCUT2D eigenvalue weighted by molar-refractivity contribution is -0.132. The molecular weight excluding hydrogens is 384 g/mol. The van der Waals surface area contributed by atoms with Gasteiger partial charge in [-0.1, -0.05) is 24.3 Å². The van der Waals surface area contributed by atoms with Crippen LogP contribution in [-0.4, -0.2) is 48.3 Å². The summed E-state index contributed by atoms with van der Waals surface area (Å²) in [6, 6.07) is 10.4. The number of methoxy groups -OCH3 is 1. The summed E-state index contributed by atoms with van der Waals surface area (Å²) < 4.78 is 11.0. The molecule has 1 saturated heterocycles. The SMILES string of the molecule is COc1cccc(C2(C)NC(=O)N(CC(O)COc3c(C)ccc(C)c3C)C2=O)c1. The molecule has 2 atom stereocenters. The Labute approximate surface area is 176 Å². The number of ether oxygens (including phenoxy) is 2. The molecule has 7 nitrogen and oxygen atoms in total. The van der Waals surface area contributed by atoms with Crippen LogP contribution in [0, 0.1) is 20.8 Å². The van der Waals surface area contributed by atoms with Gasteiger partial charge in [-0.25, -0.2) is 4.79 Å². The Morgan fingerprint density at radius 2 is 1.83 bits per heavy atom. The topological polar surface area (TPSA) is 88.1 Å². The highest BCUT2D eigenvalue weighted by molar-refractivity contribution is 6.07. The minimum absolute atomic E-state index is 0.0297. The monoisotopic (exact) mass is 412 g/mol. The molecule has 1 aliphatic rings. The van der Waals surface area contributed by atoms with Crippen LogP contribution in [0.25, 0.3) is 0 Å². The number of nitrogens with one attached hydrogen (secondary N) is 1. The van der Waals surface area contributed by atoms with Crippen molar-refractivity contribution in [2.45, 2.75) is 39.3 Å². The molecular formula is C23H28N2O5.